The van der Waals surface area contributed by atoms with Crippen molar-refractivity contribution in [1.29, 1.82) is 0 Å². The highest BCUT2D eigenvalue weighted by Gasteiger charge is 2.40. The van der Waals surface area contributed by atoms with Crippen LogP contribution in [0.5, 0.6) is 0 Å². The Morgan fingerprint density at radius 1 is 1.50 bits per heavy atom. The lowest BCUT2D eigenvalue weighted by atomic mass is 9.95. The molecule has 2 aliphatic rings. The first-order chi connectivity index (χ1) is 6.92. The van der Waals surface area contributed by atoms with Gasteiger partial charge in [-0.05, 0) is 41.7 Å². The molecule has 0 spiro atoms. The maximum absolute atomic E-state index is 5.79. The van der Waals surface area contributed by atoms with Crippen LogP contribution >= 0.6 is 11.3 Å². The summed E-state index contributed by atoms with van der Waals surface area (Å²) >= 11 is 1.77. The van der Waals surface area contributed by atoms with Gasteiger partial charge in [-0.15, -0.1) is 0 Å². The number of ether oxygens (including phenoxy) is 1. The van der Waals surface area contributed by atoms with Crippen LogP contribution in [0.25, 0.3) is 0 Å². The van der Waals surface area contributed by atoms with Crippen LogP contribution in [0.1, 0.15) is 24.8 Å². The third kappa shape index (κ3) is 1.60. The molecule has 2 aliphatic heterocycles. The second-order valence-corrected chi connectivity index (χ2v) is 5.01. The molecule has 1 aromatic rings. The third-order valence-electron chi connectivity index (χ3n) is 3.25. The van der Waals surface area contributed by atoms with Crippen molar-refractivity contribution in [1.82, 2.24) is 5.32 Å². The lowest BCUT2D eigenvalue weighted by Gasteiger charge is -2.19. The molecule has 2 saturated heterocycles. The number of hydrogen-bond donors (Lipinski definition) is 1. The summed E-state index contributed by atoms with van der Waals surface area (Å²) in [7, 11) is 0. The van der Waals surface area contributed by atoms with Gasteiger partial charge in [-0.2, -0.15) is 11.3 Å². The fourth-order valence-corrected chi connectivity index (χ4v) is 3.16. The number of nitrogens with one attached hydrogen (secondary N) is 1. The van der Waals surface area contributed by atoms with Gasteiger partial charge in [-0.1, -0.05) is 0 Å². The zero-order chi connectivity index (χ0) is 9.38. The summed E-state index contributed by atoms with van der Waals surface area (Å²) in [6.45, 7) is 1.00. The van der Waals surface area contributed by atoms with Crippen molar-refractivity contribution in [3.05, 3.63) is 22.4 Å². The molecule has 2 unspecified atom stereocenters. The monoisotopic (exact) mass is 209 g/mol. The molecule has 1 aromatic heterocycles. The quantitative estimate of drug-likeness (QED) is 0.823. The van der Waals surface area contributed by atoms with Gasteiger partial charge in [-0.25, -0.2) is 0 Å². The number of fused-ring (bicyclic) bond motifs is 2. The van der Waals surface area contributed by atoms with E-state index in [1.165, 1.54) is 24.8 Å². The molecular weight excluding hydrogens is 194 g/mol. The summed E-state index contributed by atoms with van der Waals surface area (Å²) in [6, 6.07) is 2.79. The van der Waals surface area contributed by atoms with Crippen molar-refractivity contribution in [2.75, 3.05) is 0 Å². The van der Waals surface area contributed by atoms with E-state index >= 15 is 0 Å². The van der Waals surface area contributed by atoms with Crippen molar-refractivity contribution < 1.29 is 4.74 Å². The molecule has 0 saturated carbocycles. The number of thiophene rings is 1. The van der Waals surface area contributed by atoms with Crippen molar-refractivity contribution in [2.45, 2.75) is 44.1 Å². The summed E-state index contributed by atoms with van der Waals surface area (Å²) in [5, 5.41) is 7.94. The van der Waals surface area contributed by atoms with E-state index in [9.17, 15) is 0 Å². The van der Waals surface area contributed by atoms with E-state index in [2.05, 4.69) is 22.1 Å². The molecule has 14 heavy (non-hydrogen) atoms. The van der Waals surface area contributed by atoms with E-state index in [0.29, 0.717) is 18.2 Å². The lowest BCUT2D eigenvalue weighted by molar-refractivity contribution is 0.0973. The van der Waals surface area contributed by atoms with Crippen molar-refractivity contribution in [3.8, 4) is 0 Å². The Morgan fingerprint density at radius 3 is 3.14 bits per heavy atom. The first-order valence-electron chi connectivity index (χ1n) is 5.32. The molecule has 1 N–H and O–H groups in total. The van der Waals surface area contributed by atoms with Gasteiger partial charge in [-0.3, -0.25) is 0 Å². The molecule has 0 amide bonds. The molecule has 2 fully saturated rings. The SMILES string of the molecule is c1cc(CN[C@H]2CC3CCC2O3)cs1. The zero-order valence-corrected chi connectivity index (χ0v) is 8.93. The molecule has 0 aromatic carbocycles. The van der Waals surface area contributed by atoms with E-state index in [1.54, 1.807) is 11.3 Å². The maximum atomic E-state index is 5.79. The topological polar surface area (TPSA) is 21.3 Å². The fourth-order valence-electron chi connectivity index (χ4n) is 2.49. The van der Waals surface area contributed by atoms with Gasteiger partial charge in [0.05, 0.1) is 12.2 Å². The molecule has 0 radical (unpaired) electrons. The Labute approximate surface area is 88.3 Å². The molecule has 76 valence electrons. The predicted octanol–water partition coefficient (Wildman–Crippen LogP) is 2.16. The minimum absolute atomic E-state index is 0.499. The van der Waals surface area contributed by atoms with E-state index in [-0.39, 0.29) is 0 Å². The van der Waals surface area contributed by atoms with Crippen LogP contribution in [0, 0.1) is 0 Å². The van der Waals surface area contributed by atoms with Crippen LogP contribution in [0.15, 0.2) is 16.8 Å². The first-order valence-corrected chi connectivity index (χ1v) is 6.26. The van der Waals surface area contributed by atoms with Gasteiger partial charge in [0.2, 0.25) is 0 Å². The molecule has 3 atom stereocenters. The van der Waals surface area contributed by atoms with Crippen LogP contribution in [0.3, 0.4) is 0 Å². The highest BCUT2D eigenvalue weighted by molar-refractivity contribution is 7.07. The van der Waals surface area contributed by atoms with Crippen LogP contribution in [-0.2, 0) is 11.3 Å². The Balaban J connectivity index is 1.54. The molecule has 3 heteroatoms. The van der Waals surface area contributed by atoms with Crippen LogP contribution in [0.2, 0.25) is 0 Å². The Morgan fingerprint density at radius 2 is 2.50 bits per heavy atom. The van der Waals surface area contributed by atoms with Crippen LogP contribution < -0.4 is 5.32 Å². The highest BCUT2D eigenvalue weighted by atomic mass is 32.1. The Hall–Kier alpha value is -0.380. The van der Waals surface area contributed by atoms with Crippen molar-refractivity contribution in [2.24, 2.45) is 0 Å². The average Bonchev–Trinajstić information content (AvgIpc) is 2.91. The molecule has 2 bridgehead atoms. The Bertz CT molecular complexity index is 298. The lowest BCUT2D eigenvalue weighted by Crippen LogP contribution is -2.36. The number of hydrogen-bond acceptors (Lipinski definition) is 3. The fraction of sp³-hybridized carbons (Fsp3) is 0.636. The highest BCUT2D eigenvalue weighted by Crippen LogP contribution is 2.34. The standard InChI is InChI=1S/C11H15NOS/c1-2-11-10(5-9(1)13-11)12-6-8-3-4-14-7-8/h3-4,7,9-12H,1-2,5-6H2/t9?,10-,11?/m0/s1. The summed E-state index contributed by atoms with van der Waals surface area (Å²) in [5.74, 6) is 0. The van der Waals surface area contributed by atoms with Gasteiger partial charge in [0.25, 0.3) is 0 Å². The van der Waals surface area contributed by atoms with Gasteiger partial charge in [0.1, 0.15) is 0 Å². The van der Waals surface area contributed by atoms with Gasteiger partial charge >= 0.3 is 0 Å². The second kappa shape index (κ2) is 3.65. The third-order valence-corrected chi connectivity index (χ3v) is 3.99. The maximum Gasteiger partial charge on any atom is 0.0733 e. The second-order valence-electron chi connectivity index (χ2n) is 4.23. The van der Waals surface area contributed by atoms with E-state index < -0.39 is 0 Å². The molecule has 3 heterocycles. The minimum Gasteiger partial charge on any atom is -0.373 e. The molecule has 0 aliphatic carbocycles. The van der Waals surface area contributed by atoms with Crippen LogP contribution in [-0.4, -0.2) is 18.2 Å². The summed E-state index contributed by atoms with van der Waals surface area (Å²) in [5.41, 5.74) is 1.40. The van der Waals surface area contributed by atoms with E-state index in [0.717, 1.165) is 6.54 Å². The van der Waals surface area contributed by atoms with E-state index in [4.69, 9.17) is 4.74 Å². The Kier molecular flexibility index (Phi) is 2.32. The van der Waals surface area contributed by atoms with Gasteiger partial charge in [0, 0.05) is 12.6 Å². The van der Waals surface area contributed by atoms with Crippen molar-refractivity contribution in [3.63, 3.8) is 0 Å². The summed E-state index contributed by atoms with van der Waals surface area (Å²) < 4.78 is 5.79. The largest absolute Gasteiger partial charge is 0.373 e. The van der Waals surface area contributed by atoms with Crippen LogP contribution in [0.4, 0.5) is 0 Å². The van der Waals surface area contributed by atoms with E-state index in [1.807, 2.05) is 0 Å². The molecule has 2 nitrogen and oxygen atoms in total. The van der Waals surface area contributed by atoms with Gasteiger partial charge < -0.3 is 10.1 Å². The smallest absolute Gasteiger partial charge is 0.0733 e. The normalized spacial score (nSPS) is 35.3. The predicted molar refractivity (Wildman–Crippen MR) is 57.5 cm³/mol. The molecular formula is C11H15NOS. The first kappa shape index (κ1) is 8.89. The average molecular weight is 209 g/mol. The summed E-state index contributed by atoms with van der Waals surface area (Å²) in [6.07, 6.45) is 4.81. The minimum atomic E-state index is 0.499. The number of rotatable bonds is 3. The zero-order valence-electron chi connectivity index (χ0n) is 8.11. The van der Waals surface area contributed by atoms with Gasteiger partial charge in [0.15, 0.2) is 0 Å². The molecule has 3 rings (SSSR count). The van der Waals surface area contributed by atoms with Crippen molar-refractivity contribution >= 4 is 11.3 Å². The summed E-state index contributed by atoms with van der Waals surface area (Å²) in [4.78, 5) is 0.